The van der Waals surface area contributed by atoms with Crippen molar-refractivity contribution < 1.29 is 32.3 Å². The number of halogens is 4. The first-order valence-corrected chi connectivity index (χ1v) is 8.36. The van der Waals surface area contributed by atoms with Crippen LogP contribution in [0.1, 0.15) is 11.1 Å². The van der Waals surface area contributed by atoms with Crippen LogP contribution in [0.5, 0.6) is 0 Å². The Labute approximate surface area is 161 Å². The van der Waals surface area contributed by atoms with Crippen molar-refractivity contribution in [3.05, 3.63) is 65.6 Å². The number of H-pyrrole nitrogens is 1. The summed E-state index contributed by atoms with van der Waals surface area (Å²) in [4.78, 5) is 26.3. The minimum absolute atomic E-state index is 0.156. The Bertz CT molecular complexity index is 1060. The van der Waals surface area contributed by atoms with Gasteiger partial charge in [-0.2, -0.15) is 13.2 Å². The van der Waals surface area contributed by atoms with Gasteiger partial charge in [0.15, 0.2) is 0 Å². The first kappa shape index (κ1) is 20.2. The van der Waals surface area contributed by atoms with Crippen LogP contribution >= 0.6 is 0 Å². The summed E-state index contributed by atoms with van der Waals surface area (Å²) >= 11 is 0. The number of carbonyl (C=O) groups excluding carboxylic acids is 2. The molecule has 1 heterocycles. The number of para-hydroxylation sites is 1. The van der Waals surface area contributed by atoms with E-state index in [0.29, 0.717) is 5.52 Å². The zero-order chi connectivity index (χ0) is 21.2. The lowest BCUT2D eigenvalue weighted by molar-refractivity contribution is -0.308. The molecule has 0 spiro atoms. The Morgan fingerprint density at radius 3 is 2.52 bits per heavy atom. The van der Waals surface area contributed by atoms with Gasteiger partial charge in [-0.25, -0.2) is 9.18 Å². The van der Waals surface area contributed by atoms with Crippen LogP contribution in [0.3, 0.4) is 0 Å². The molecule has 29 heavy (non-hydrogen) atoms. The second-order valence-corrected chi connectivity index (χ2v) is 6.19. The summed E-state index contributed by atoms with van der Waals surface area (Å²) in [5.41, 5.74) is -0.921. The highest BCUT2D eigenvalue weighted by Crippen LogP contribution is 2.34. The molecule has 0 fully saturated rings. The van der Waals surface area contributed by atoms with E-state index in [1.165, 1.54) is 24.4 Å². The van der Waals surface area contributed by atoms with E-state index in [0.717, 1.165) is 18.2 Å². The maximum Gasteiger partial charge on any atom is 0.418 e. The number of aromatic nitrogens is 1. The van der Waals surface area contributed by atoms with Gasteiger partial charge in [-0.05, 0) is 29.8 Å². The van der Waals surface area contributed by atoms with Gasteiger partial charge >= 0.3 is 12.2 Å². The van der Waals surface area contributed by atoms with E-state index < -0.39 is 41.3 Å². The number of urea groups is 1. The molecular formula is C19H14F4N3O3-. The summed E-state index contributed by atoms with van der Waals surface area (Å²) in [6, 6.07) is 5.73. The van der Waals surface area contributed by atoms with Crippen molar-refractivity contribution in [3.8, 4) is 0 Å². The van der Waals surface area contributed by atoms with Gasteiger partial charge in [0.1, 0.15) is 5.82 Å². The summed E-state index contributed by atoms with van der Waals surface area (Å²) in [5, 5.41) is 15.6. The molecule has 3 aromatic rings. The first-order chi connectivity index (χ1) is 13.7. The molecule has 1 atom stereocenters. The van der Waals surface area contributed by atoms with Crippen LogP contribution in [0.2, 0.25) is 0 Å². The number of carboxylic acids is 1. The van der Waals surface area contributed by atoms with Crippen molar-refractivity contribution in [1.82, 2.24) is 10.3 Å². The molecule has 1 unspecified atom stereocenters. The molecule has 0 aliphatic heterocycles. The van der Waals surface area contributed by atoms with Crippen LogP contribution in [-0.2, 0) is 17.4 Å². The molecule has 2 amide bonds. The molecule has 0 aliphatic carbocycles. The number of nitrogens with one attached hydrogen (secondary N) is 3. The Hall–Kier alpha value is -3.56. The predicted molar refractivity (Wildman–Crippen MR) is 94.4 cm³/mol. The number of anilines is 1. The van der Waals surface area contributed by atoms with Crippen LogP contribution < -0.4 is 15.7 Å². The average Bonchev–Trinajstić information content (AvgIpc) is 3.05. The summed E-state index contributed by atoms with van der Waals surface area (Å²) in [6.45, 7) is 0. The summed E-state index contributed by atoms with van der Waals surface area (Å²) in [6.07, 6.45) is -3.65. The molecule has 6 nitrogen and oxygen atoms in total. The van der Waals surface area contributed by atoms with Gasteiger partial charge in [0.25, 0.3) is 0 Å². The van der Waals surface area contributed by atoms with Gasteiger partial charge in [-0.15, -0.1) is 0 Å². The fourth-order valence-corrected chi connectivity index (χ4v) is 2.94. The number of aliphatic carboxylic acids is 1. The number of benzene rings is 2. The predicted octanol–water partition coefficient (Wildman–Crippen LogP) is 2.81. The van der Waals surface area contributed by atoms with Gasteiger partial charge < -0.3 is 25.5 Å². The first-order valence-electron chi connectivity index (χ1n) is 8.36. The number of carboxylic acid groups (broad SMARTS) is 1. The number of alkyl halides is 3. The third kappa shape index (κ3) is 4.48. The Morgan fingerprint density at radius 1 is 1.10 bits per heavy atom. The number of fused-ring (bicyclic) bond motifs is 1. The molecule has 3 N–H and O–H groups in total. The normalized spacial score (nSPS) is 12.6. The Kier molecular flexibility index (Phi) is 5.44. The molecule has 0 saturated heterocycles. The third-order valence-electron chi connectivity index (χ3n) is 4.23. The van der Waals surface area contributed by atoms with E-state index in [1.807, 2.05) is 5.32 Å². The molecule has 0 aliphatic rings. The van der Waals surface area contributed by atoms with Crippen molar-refractivity contribution in [2.75, 3.05) is 5.32 Å². The Morgan fingerprint density at radius 2 is 1.83 bits per heavy atom. The fraction of sp³-hybridized carbons (Fsp3) is 0.158. The minimum Gasteiger partial charge on any atom is -0.548 e. The average molecular weight is 408 g/mol. The van der Waals surface area contributed by atoms with Gasteiger partial charge in [0.05, 0.1) is 23.3 Å². The van der Waals surface area contributed by atoms with Gasteiger partial charge in [0.2, 0.25) is 0 Å². The van der Waals surface area contributed by atoms with Crippen molar-refractivity contribution in [2.45, 2.75) is 18.6 Å². The summed E-state index contributed by atoms with van der Waals surface area (Å²) < 4.78 is 53.1. The zero-order valence-corrected chi connectivity index (χ0v) is 14.6. The second kappa shape index (κ2) is 7.82. The number of rotatable bonds is 5. The lowest BCUT2D eigenvalue weighted by Crippen LogP contribution is -2.50. The summed E-state index contributed by atoms with van der Waals surface area (Å²) in [7, 11) is 0. The molecule has 2 aromatic carbocycles. The number of carbonyl (C=O) groups is 2. The molecule has 10 heteroatoms. The topological polar surface area (TPSA) is 97.1 Å². The van der Waals surface area contributed by atoms with Crippen molar-refractivity contribution in [1.29, 1.82) is 0 Å². The smallest absolute Gasteiger partial charge is 0.418 e. The maximum absolute atomic E-state index is 14.0. The Balaban J connectivity index is 1.78. The highest BCUT2D eigenvalue weighted by Gasteiger charge is 2.33. The number of hydrogen-bond donors (Lipinski definition) is 3. The van der Waals surface area contributed by atoms with Gasteiger partial charge in [-0.3, -0.25) is 0 Å². The summed E-state index contributed by atoms with van der Waals surface area (Å²) in [5.74, 6) is -2.26. The third-order valence-corrected chi connectivity index (χ3v) is 4.23. The standard InChI is InChI=1S/C19H15F4N3O3/c20-12-5-3-7-14-16(12)10(9-24-14)8-15(17(27)28)26-18(29)25-13-6-2-1-4-11(13)19(21,22)23/h1-7,9,15,24H,8H2,(H,27,28)(H2,25,26,29)/p-1. The van der Waals surface area contributed by atoms with E-state index in [-0.39, 0.29) is 17.4 Å². The number of amides is 2. The van der Waals surface area contributed by atoms with Crippen LogP contribution in [0.15, 0.2) is 48.7 Å². The van der Waals surface area contributed by atoms with E-state index in [1.54, 1.807) is 6.07 Å². The number of hydrogen-bond acceptors (Lipinski definition) is 3. The highest BCUT2D eigenvalue weighted by atomic mass is 19.4. The molecule has 0 saturated carbocycles. The van der Waals surface area contributed by atoms with E-state index in [4.69, 9.17) is 0 Å². The monoisotopic (exact) mass is 408 g/mol. The molecule has 1 aromatic heterocycles. The lowest BCUT2D eigenvalue weighted by Gasteiger charge is -2.21. The van der Waals surface area contributed by atoms with Crippen molar-refractivity contribution >= 4 is 28.6 Å². The highest BCUT2D eigenvalue weighted by molar-refractivity contribution is 5.93. The van der Waals surface area contributed by atoms with Crippen LogP contribution in [0, 0.1) is 5.82 Å². The number of aromatic amines is 1. The zero-order valence-electron chi connectivity index (χ0n) is 14.6. The molecule has 3 rings (SSSR count). The second-order valence-electron chi connectivity index (χ2n) is 6.19. The molecule has 152 valence electrons. The molecular weight excluding hydrogens is 394 g/mol. The SMILES string of the molecule is O=C(Nc1ccccc1C(F)(F)F)NC(Cc1c[nH]c2cccc(F)c12)C(=O)[O-]. The molecule has 0 radical (unpaired) electrons. The van der Waals surface area contributed by atoms with Crippen molar-refractivity contribution in [2.24, 2.45) is 0 Å². The van der Waals surface area contributed by atoms with Crippen LogP contribution in [0.25, 0.3) is 10.9 Å². The molecule has 0 bridgehead atoms. The largest absolute Gasteiger partial charge is 0.548 e. The van der Waals surface area contributed by atoms with Crippen LogP contribution in [0.4, 0.5) is 28.0 Å². The van der Waals surface area contributed by atoms with Gasteiger partial charge in [-0.1, -0.05) is 18.2 Å². The van der Waals surface area contributed by atoms with Gasteiger partial charge in [0, 0.05) is 23.5 Å². The lowest BCUT2D eigenvalue weighted by atomic mass is 10.0. The minimum atomic E-state index is -4.71. The quantitative estimate of drug-likeness (QED) is 0.567. The van der Waals surface area contributed by atoms with E-state index in [2.05, 4.69) is 10.3 Å². The van der Waals surface area contributed by atoms with E-state index >= 15 is 0 Å². The van der Waals surface area contributed by atoms with E-state index in [9.17, 15) is 32.3 Å². The fourth-order valence-electron chi connectivity index (χ4n) is 2.94. The van der Waals surface area contributed by atoms with Crippen LogP contribution in [-0.4, -0.2) is 23.0 Å². The van der Waals surface area contributed by atoms with Crippen molar-refractivity contribution in [3.63, 3.8) is 0 Å². The maximum atomic E-state index is 14.0.